The molecular weight excluding hydrogens is 663 g/mol. The molecule has 1 heteroatoms. The molecule has 0 N–H and O–H groups in total. The van der Waals surface area contributed by atoms with Crippen LogP contribution in [0.15, 0.2) is 140 Å². The number of hydrogen-bond acceptors (Lipinski definition) is 1. The van der Waals surface area contributed by atoms with Crippen LogP contribution in [0.5, 0.6) is 0 Å². The van der Waals surface area contributed by atoms with Crippen LogP contribution in [0.4, 0.5) is 17.1 Å². The predicted octanol–water partition coefficient (Wildman–Crippen LogP) is 15.4. The number of benzene rings is 7. The number of fused-ring (bicyclic) bond motifs is 7. The Labute approximate surface area is 327 Å². The van der Waals surface area contributed by atoms with Gasteiger partial charge in [-0.2, -0.15) is 0 Å². The lowest BCUT2D eigenvalue weighted by molar-refractivity contribution is 0.420. The summed E-state index contributed by atoms with van der Waals surface area (Å²) in [5, 5.41) is 5.27. The van der Waals surface area contributed by atoms with E-state index in [4.69, 9.17) is 0 Å². The normalized spacial score (nSPS) is 21.2. The van der Waals surface area contributed by atoms with Gasteiger partial charge in [0.2, 0.25) is 0 Å². The fourth-order valence-electron chi connectivity index (χ4n) is 11.7. The first-order valence-electron chi connectivity index (χ1n) is 21.2. The maximum atomic E-state index is 2.63. The first kappa shape index (κ1) is 33.2. The van der Waals surface area contributed by atoms with E-state index < -0.39 is 0 Å². The van der Waals surface area contributed by atoms with Crippen LogP contribution >= 0.6 is 0 Å². The van der Waals surface area contributed by atoms with E-state index in [0.29, 0.717) is 5.92 Å². The van der Waals surface area contributed by atoms with Crippen LogP contribution in [-0.2, 0) is 5.41 Å². The fraction of sp³-hybridized carbons (Fsp3) is 0.296. The summed E-state index contributed by atoms with van der Waals surface area (Å²) >= 11 is 0. The van der Waals surface area contributed by atoms with Crippen LogP contribution in [0.3, 0.4) is 0 Å². The topological polar surface area (TPSA) is 3.24 Å². The third-order valence-electron chi connectivity index (χ3n) is 14.5. The molecule has 0 aliphatic heterocycles. The smallest absolute Gasteiger partial charge is 0.0502 e. The molecule has 7 aromatic rings. The van der Waals surface area contributed by atoms with Gasteiger partial charge in [0.15, 0.2) is 0 Å². The number of anilines is 3. The van der Waals surface area contributed by atoms with E-state index in [1.807, 2.05) is 0 Å². The third-order valence-corrected chi connectivity index (χ3v) is 14.5. The molecule has 4 aliphatic rings. The predicted molar refractivity (Wildman–Crippen MR) is 233 cm³/mol. The van der Waals surface area contributed by atoms with Gasteiger partial charge in [-0.15, -0.1) is 0 Å². The highest BCUT2D eigenvalue weighted by Crippen LogP contribution is 2.55. The Morgan fingerprint density at radius 3 is 2.05 bits per heavy atom. The lowest BCUT2D eigenvalue weighted by atomic mass is 9.81. The standard InChI is InChI=1S/C54H51N/c1-54(2)51-28-23-42(46-18-10-16-36-13-8-9-17-45(36)46)32-50(51)47-27-26-44(34-52(47)54)55(43-24-21-38(22-25-43)48-30-35-19-20-41(48)29-35)53-33-40-15-7-6-14-39(40)31-49(53)37-11-4-3-5-12-37/h6-10,13-18,21-28,31-35,37,41,48H,3-5,11-12,19-20,29-30H2,1-2H3. The summed E-state index contributed by atoms with van der Waals surface area (Å²) in [5.41, 5.74) is 15.0. The number of rotatable bonds is 6. The Balaban J connectivity index is 1.06. The summed E-state index contributed by atoms with van der Waals surface area (Å²) in [5.74, 6) is 3.14. The highest BCUT2D eigenvalue weighted by molar-refractivity contribution is 5.98. The largest absolute Gasteiger partial charge is 0.310 e. The van der Waals surface area contributed by atoms with E-state index in [-0.39, 0.29) is 5.41 Å². The molecule has 3 saturated carbocycles. The summed E-state index contributed by atoms with van der Waals surface area (Å²) in [6.45, 7) is 4.86. The molecule has 2 bridgehead atoms. The molecule has 0 aromatic heterocycles. The van der Waals surface area contributed by atoms with Crippen LogP contribution < -0.4 is 4.90 Å². The van der Waals surface area contributed by atoms with Gasteiger partial charge >= 0.3 is 0 Å². The lowest BCUT2D eigenvalue weighted by Gasteiger charge is -2.33. The zero-order chi connectivity index (χ0) is 36.7. The van der Waals surface area contributed by atoms with Crippen LogP contribution in [0.1, 0.15) is 106 Å². The molecule has 1 nitrogen and oxygen atoms in total. The van der Waals surface area contributed by atoms with Crippen molar-refractivity contribution in [1.82, 2.24) is 0 Å². The summed E-state index contributed by atoms with van der Waals surface area (Å²) in [6.07, 6.45) is 12.2. The SMILES string of the molecule is CC1(C)c2ccc(-c3cccc4ccccc34)cc2-c2ccc(N(c3ccc(C4CC5CCC4C5)cc3)c3cc4ccccc4cc3C3CCCCC3)cc21. The monoisotopic (exact) mass is 713 g/mol. The van der Waals surface area contributed by atoms with E-state index in [9.17, 15) is 0 Å². The molecule has 55 heavy (non-hydrogen) atoms. The van der Waals surface area contributed by atoms with Crippen molar-refractivity contribution in [1.29, 1.82) is 0 Å². The Morgan fingerprint density at radius 1 is 0.527 bits per heavy atom. The van der Waals surface area contributed by atoms with Gasteiger partial charge in [0.1, 0.15) is 0 Å². The molecule has 7 aromatic carbocycles. The molecule has 0 radical (unpaired) electrons. The molecule has 3 unspecified atom stereocenters. The van der Waals surface area contributed by atoms with Gasteiger partial charge in [-0.05, 0) is 164 Å². The zero-order valence-corrected chi connectivity index (χ0v) is 32.4. The van der Waals surface area contributed by atoms with E-state index in [1.165, 1.54) is 135 Å². The molecule has 0 spiro atoms. The summed E-state index contributed by atoms with van der Waals surface area (Å²) < 4.78 is 0. The quantitative estimate of drug-likeness (QED) is 0.166. The van der Waals surface area contributed by atoms with Crippen molar-refractivity contribution in [2.45, 2.75) is 88.9 Å². The van der Waals surface area contributed by atoms with Gasteiger partial charge in [-0.1, -0.05) is 137 Å². The second-order valence-electron chi connectivity index (χ2n) is 17.9. The fourth-order valence-corrected chi connectivity index (χ4v) is 11.7. The van der Waals surface area contributed by atoms with Crippen molar-refractivity contribution in [3.05, 3.63) is 162 Å². The molecule has 0 amide bonds. The Morgan fingerprint density at radius 2 is 1.27 bits per heavy atom. The maximum absolute atomic E-state index is 2.63. The van der Waals surface area contributed by atoms with Gasteiger partial charge in [0, 0.05) is 16.8 Å². The lowest BCUT2D eigenvalue weighted by Crippen LogP contribution is -2.18. The Bertz CT molecular complexity index is 2580. The number of hydrogen-bond donors (Lipinski definition) is 0. The second-order valence-corrected chi connectivity index (χ2v) is 17.9. The molecule has 3 fully saturated rings. The van der Waals surface area contributed by atoms with E-state index in [1.54, 1.807) is 5.56 Å². The summed E-state index contributed by atoms with van der Waals surface area (Å²) in [7, 11) is 0. The van der Waals surface area contributed by atoms with Crippen LogP contribution in [0.2, 0.25) is 0 Å². The molecule has 4 aliphatic carbocycles. The third kappa shape index (κ3) is 5.48. The molecule has 3 atom stereocenters. The number of nitrogens with zero attached hydrogens (tertiary/aromatic N) is 1. The Kier molecular flexibility index (Phi) is 7.84. The van der Waals surface area contributed by atoms with E-state index >= 15 is 0 Å². The molecule has 0 saturated heterocycles. The average molecular weight is 714 g/mol. The molecular formula is C54H51N. The van der Waals surface area contributed by atoms with Gasteiger partial charge in [-0.3, -0.25) is 0 Å². The summed E-state index contributed by atoms with van der Waals surface area (Å²) in [4.78, 5) is 2.63. The van der Waals surface area contributed by atoms with Gasteiger partial charge < -0.3 is 4.90 Å². The van der Waals surface area contributed by atoms with Gasteiger partial charge in [-0.25, -0.2) is 0 Å². The van der Waals surface area contributed by atoms with Crippen LogP contribution in [-0.4, -0.2) is 0 Å². The first-order valence-corrected chi connectivity index (χ1v) is 21.2. The maximum Gasteiger partial charge on any atom is 0.0502 e. The van der Waals surface area contributed by atoms with Gasteiger partial charge in [0.25, 0.3) is 0 Å². The molecule has 0 heterocycles. The van der Waals surface area contributed by atoms with E-state index in [2.05, 4.69) is 158 Å². The minimum atomic E-state index is -0.120. The minimum absolute atomic E-state index is 0.120. The molecule has 11 rings (SSSR count). The van der Waals surface area contributed by atoms with Crippen LogP contribution in [0, 0.1) is 11.8 Å². The van der Waals surface area contributed by atoms with Crippen molar-refractivity contribution < 1.29 is 0 Å². The minimum Gasteiger partial charge on any atom is -0.310 e. The second kappa shape index (κ2) is 13.0. The summed E-state index contributed by atoms with van der Waals surface area (Å²) in [6, 6.07) is 54.0. The highest BCUT2D eigenvalue weighted by Gasteiger charge is 2.40. The van der Waals surface area contributed by atoms with Crippen molar-refractivity contribution in [3.63, 3.8) is 0 Å². The zero-order valence-electron chi connectivity index (χ0n) is 32.4. The first-order chi connectivity index (χ1) is 27.0. The van der Waals surface area contributed by atoms with Crippen LogP contribution in [0.25, 0.3) is 43.8 Å². The van der Waals surface area contributed by atoms with Crippen molar-refractivity contribution in [3.8, 4) is 22.3 Å². The van der Waals surface area contributed by atoms with E-state index in [0.717, 1.165) is 17.8 Å². The average Bonchev–Trinajstić information content (AvgIpc) is 3.94. The molecule has 272 valence electrons. The van der Waals surface area contributed by atoms with Crippen molar-refractivity contribution >= 4 is 38.6 Å². The van der Waals surface area contributed by atoms with Gasteiger partial charge in [0.05, 0.1) is 5.69 Å². The Hall–Kier alpha value is -5.14. The highest BCUT2D eigenvalue weighted by atomic mass is 15.1. The van der Waals surface area contributed by atoms with Crippen molar-refractivity contribution in [2.24, 2.45) is 11.8 Å². The van der Waals surface area contributed by atoms with Crippen molar-refractivity contribution in [2.75, 3.05) is 4.90 Å².